The van der Waals surface area contributed by atoms with Gasteiger partial charge < -0.3 is 24.9 Å². The van der Waals surface area contributed by atoms with Crippen molar-refractivity contribution in [3.8, 4) is 5.75 Å². The van der Waals surface area contributed by atoms with E-state index in [1.165, 1.54) is 18.2 Å². The van der Waals surface area contributed by atoms with Crippen molar-refractivity contribution in [2.75, 3.05) is 16.8 Å². The topological polar surface area (TPSA) is 126 Å². The van der Waals surface area contributed by atoms with E-state index in [-0.39, 0.29) is 16.7 Å². The van der Waals surface area contributed by atoms with Crippen molar-refractivity contribution in [3.63, 3.8) is 0 Å². The van der Waals surface area contributed by atoms with Crippen molar-refractivity contribution in [3.05, 3.63) is 34.5 Å². The highest BCUT2D eigenvalue weighted by Crippen LogP contribution is 2.40. The Morgan fingerprint density at radius 1 is 1.38 bits per heavy atom. The number of H-pyrrole nitrogens is 2. The van der Waals surface area contributed by atoms with Crippen molar-refractivity contribution in [1.82, 2.24) is 15.2 Å². The Bertz CT molecular complexity index is 953. The SMILES string of the molecule is CC(C)(N(C(=O)[O-])c1ccc2c(c1)NC[C@H](CCc1n[nH]c(=O)[nH]1)O2)C(F)(F)F. The third-order valence-corrected chi connectivity index (χ3v) is 4.72. The maximum atomic E-state index is 13.3. The van der Waals surface area contributed by atoms with E-state index < -0.39 is 23.5 Å². The summed E-state index contributed by atoms with van der Waals surface area (Å²) in [5, 5.41) is 20.6. The summed E-state index contributed by atoms with van der Waals surface area (Å²) in [5.41, 5.74) is -2.90. The molecule has 1 aliphatic rings. The molecule has 1 amide bonds. The van der Waals surface area contributed by atoms with Crippen LogP contribution in [0.2, 0.25) is 0 Å². The van der Waals surface area contributed by atoms with Gasteiger partial charge in [-0.1, -0.05) is 0 Å². The Kier molecular flexibility index (Phi) is 5.20. The van der Waals surface area contributed by atoms with Crippen molar-refractivity contribution in [2.45, 2.75) is 44.5 Å². The first kappa shape index (κ1) is 20.6. The largest absolute Gasteiger partial charge is 0.530 e. The molecule has 0 spiro atoms. The van der Waals surface area contributed by atoms with Gasteiger partial charge in [-0.15, -0.1) is 0 Å². The van der Waals surface area contributed by atoms with E-state index in [0.29, 0.717) is 36.6 Å². The minimum atomic E-state index is -4.80. The Balaban J connectivity index is 1.76. The number of carboxylic acid groups (broad SMARTS) is 1. The van der Waals surface area contributed by atoms with E-state index >= 15 is 0 Å². The number of fused-ring (bicyclic) bond motifs is 1. The summed E-state index contributed by atoms with van der Waals surface area (Å²) in [6.07, 6.45) is -6.05. The zero-order chi connectivity index (χ0) is 21.4. The molecule has 2 aromatic rings. The fourth-order valence-corrected chi connectivity index (χ4v) is 3.01. The summed E-state index contributed by atoms with van der Waals surface area (Å²) in [5.74, 6) is 0.863. The number of benzene rings is 1. The number of halogens is 3. The molecule has 29 heavy (non-hydrogen) atoms. The lowest BCUT2D eigenvalue weighted by atomic mass is 10.0. The van der Waals surface area contributed by atoms with Gasteiger partial charge in [-0.25, -0.2) is 9.89 Å². The average molecular weight is 414 g/mol. The minimum absolute atomic E-state index is 0.176. The lowest BCUT2D eigenvalue weighted by Crippen LogP contribution is -2.60. The highest BCUT2D eigenvalue weighted by molar-refractivity contribution is 5.88. The number of anilines is 2. The lowest BCUT2D eigenvalue weighted by molar-refractivity contribution is -0.254. The molecule has 0 fully saturated rings. The van der Waals surface area contributed by atoms with Crippen LogP contribution in [0.5, 0.6) is 5.75 Å². The summed E-state index contributed by atoms with van der Waals surface area (Å²) in [7, 11) is 0. The van der Waals surface area contributed by atoms with Crippen molar-refractivity contribution >= 4 is 17.5 Å². The van der Waals surface area contributed by atoms with E-state index in [4.69, 9.17) is 4.74 Å². The number of rotatable bonds is 5. The second kappa shape index (κ2) is 7.33. The van der Waals surface area contributed by atoms with Crippen LogP contribution in [0.1, 0.15) is 26.1 Å². The fraction of sp³-hybridized carbons (Fsp3) is 0.471. The number of carbonyl (C=O) groups is 1. The van der Waals surface area contributed by atoms with Crippen LogP contribution in [0, 0.1) is 0 Å². The molecule has 158 valence electrons. The molecule has 2 heterocycles. The normalized spacial score (nSPS) is 16.5. The predicted octanol–water partition coefficient (Wildman–Crippen LogP) is 1.39. The number of aryl methyl sites for hydroxylation is 1. The molecule has 0 aliphatic carbocycles. The average Bonchev–Trinajstić information content (AvgIpc) is 3.04. The van der Waals surface area contributed by atoms with Crippen LogP contribution in [0.15, 0.2) is 23.0 Å². The highest BCUT2D eigenvalue weighted by Gasteiger charge is 2.52. The number of nitrogens with zero attached hydrogens (tertiary/aromatic N) is 2. The van der Waals surface area contributed by atoms with E-state index in [1.54, 1.807) is 0 Å². The fourth-order valence-electron chi connectivity index (χ4n) is 3.01. The molecular weight excluding hydrogens is 395 g/mol. The van der Waals surface area contributed by atoms with Crippen LogP contribution in [0.3, 0.4) is 0 Å². The molecular formula is C17H19F3N5O4-. The van der Waals surface area contributed by atoms with E-state index in [9.17, 15) is 27.9 Å². The van der Waals surface area contributed by atoms with Crippen LogP contribution in [0.4, 0.5) is 29.3 Å². The van der Waals surface area contributed by atoms with Gasteiger partial charge in [-0.05, 0) is 38.5 Å². The summed E-state index contributed by atoms with van der Waals surface area (Å²) >= 11 is 0. The van der Waals surface area contributed by atoms with Gasteiger partial charge in [0.15, 0.2) is 0 Å². The molecule has 1 atom stereocenters. The third-order valence-electron chi connectivity index (χ3n) is 4.72. The quantitative estimate of drug-likeness (QED) is 0.679. The third kappa shape index (κ3) is 4.15. The van der Waals surface area contributed by atoms with E-state index in [2.05, 4.69) is 20.5 Å². The van der Waals surface area contributed by atoms with E-state index in [1.807, 2.05) is 0 Å². The molecule has 0 unspecified atom stereocenters. The molecule has 0 saturated carbocycles. The minimum Gasteiger partial charge on any atom is -0.530 e. The molecule has 0 bridgehead atoms. The maximum Gasteiger partial charge on any atom is 0.411 e. The molecule has 1 aliphatic heterocycles. The first-order valence-corrected chi connectivity index (χ1v) is 8.75. The molecule has 0 saturated heterocycles. The first-order valence-electron chi connectivity index (χ1n) is 8.75. The highest BCUT2D eigenvalue weighted by atomic mass is 19.4. The van der Waals surface area contributed by atoms with Crippen molar-refractivity contribution < 1.29 is 27.8 Å². The number of aromatic nitrogens is 3. The van der Waals surface area contributed by atoms with Crippen molar-refractivity contribution in [2.24, 2.45) is 0 Å². The molecule has 0 radical (unpaired) electrons. The Morgan fingerprint density at radius 2 is 2.10 bits per heavy atom. The number of nitrogens with one attached hydrogen (secondary N) is 3. The zero-order valence-corrected chi connectivity index (χ0v) is 15.6. The number of aromatic amines is 2. The van der Waals surface area contributed by atoms with Crippen LogP contribution in [-0.4, -0.2) is 45.6 Å². The molecule has 1 aromatic heterocycles. The predicted molar refractivity (Wildman–Crippen MR) is 94.9 cm³/mol. The molecule has 9 nitrogen and oxygen atoms in total. The molecule has 1 aromatic carbocycles. The number of hydrogen-bond donors (Lipinski definition) is 3. The summed E-state index contributed by atoms with van der Waals surface area (Å²) in [6.45, 7) is 1.88. The lowest BCUT2D eigenvalue weighted by Gasteiger charge is -2.42. The second-order valence-corrected chi connectivity index (χ2v) is 7.12. The van der Waals surface area contributed by atoms with Gasteiger partial charge in [0.2, 0.25) is 0 Å². The van der Waals surface area contributed by atoms with Gasteiger partial charge in [0.1, 0.15) is 29.3 Å². The van der Waals surface area contributed by atoms with Crippen LogP contribution < -0.4 is 25.7 Å². The van der Waals surface area contributed by atoms with Gasteiger partial charge in [0.05, 0.1) is 12.2 Å². The number of ether oxygens (including phenoxy) is 1. The Hall–Kier alpha value is -3.18. The second-order valence-electron chi connectivity index (χ2n) is 7.12. The van der Waals surface area contributed by atoms with Gasteiger partial charge in [-0.3, -0.25) is 4.98 Å². The number of hydrogen-bond acceptors (Lipinski definition) is 6. The van der Waals surface area contributed by atoms with Gasteiger partial charge in [0.25, 0.3) is 0 Å². The molecule has 12 heteroatoms. The standard InChI is InChI=1S/C17H20F3N5O4/c1-16(2,17(18,19)20)25(15(27)28)9-3-5-12-11(7-9)21-8-10(29-12)4-6-13-22-14(26)24-23-13/h3,5,7,10,21H,4,6,8H2,1-2H3,(H,27,28)(H2,22,23,24,26)/p-1/t10-/m0/s1. The number of amides is 1. The van der Waals surface area contributed by atoms with Crippen LogP contribution >= 0.6 is 0 Å². The smallest absolute Gasteiger partial charge is 0.411 e. The summed E-state index contributed by atoms with van der Waals surface area (Å²) in [4.78, 5) is 25.2. The first-order chi connectivity index (χ1) is 13.5. The van der Waals surface area contributed by atoms with Crippen LogP contribution in [-0.2, 0) is 6.42 Å². The van der Waals surface area contributed by atoms with Gasteiger partial charge >= 0.3 is 11.9 Å². The Labute approximate surface area is 162 Å². The van der Waals surface area contributed by atoms with Crippen LogP contribution in [0.25, 0.3) is 0 Å². The number of alkyl halides is 3. The Morgan fingerprint density at radius 3 is 2.69 bits per heavy atom. The molecule has 3 N–H and O–H groups in total. The molecule has 3 rings (SSSR count). The van der Waals surface area contributed by atoms with Gasteiger partial charge in [0, 0.05) is 12.1 Å². The maximum absolute atomic E-state index is 13.3. The van der Waals surface area contributed by atoms with E-state index in [0.717, 1.165) is 13.8 Å². The zero-order valence-electron chi connectivity index (χ0n) is 15.6. The summed E-state index contributed by atoms with van der Waals surface area (Å²) in [6, 6.07) is 3.92. The summed E-state index contributed by atoms with van der Waals surface area (Å²) < 4.78 is 45.8. The number of carbonyl (C=O) groups excluding carboxylic acids is 1. The van der Waals surface area contributed by atoms with Gasteiger partial charge in [-0.2, -0.15) is 18.3 Å². The monoisotopic (exact) mass is 414 g/mol. The van der Waals surface area contributed by atoms with Crippen molar-refractivity contribution in [1.29, 1.82) is 0 Å².